The van der Waals surface area contributed by atoms with Crippen molar-refractivity contribution < 1.29 is 28.9 Å². The summed E-state index contributed by atoms with van der Waals surface area (Å²) in [5.74, 6) is -1.56. The minimum Gasteiger partial charge on any atom is -0.494 e. The predicted octanol–water partition coefficient (Wildman–Crippen LogP) is 1.80. The number of methoxy groups -OCH3 is 2. The number of carbonyl (C=O) groups is 2. The van der Waals surface area contributed by atoms with Crippen LogP contribution in [0.2, 0.25) is 0 Å². The second kappa shape index (κ2) is 11.1. The molecule has 180 valence electrons. The second-order valence-electron chi connectivity index (χ2n) is 6.62. The second-order valence-corrected chi connectivity index (χ2v) is 6.62. The highest BCUT2D eigenvalue weighted by molar-refractivity contribution is 5.96. The fourth-order valence-electron chi connectivity index (χ4n) is 2.94. The lowest BCUT2D eigenvalue weighted by molar-refractivity contribution is -0.384. The van der Waals surface area contributed by atoms with Gasteiger partial charge < -0.3 is 31.6 Å². The van der Waals surface area contributed by atoms with E-state index in [1.807, 2.05) is 0 Å². The first-order valence-electron chi connectivity index (χ1n) is 9.55. The normalized spacial score (nSPS) is 10.5. The Morgan fingerprint density at radius 2 is 1.18 bits per heavy atom. The molecular formula is C20H22N6O8. The minimum absolute atomic E-state index is 0.0504. The average Bonchev–Trinajstić information content (AvgIpc) is 2.79. The summed E-state index contributed by atoms with van der Waals surface area (Å²) >= 11 is 0. The summed E-state index contributed by atoms with van der Waals surface area (Å²) < 4.78 is 10.3. The molecule has 14 heteroatoms. The molecule has 0 atom stereocenters. The monoisotopic (exact) mass is 474 g/mol. The Hall–Kier alpha value is -4.88. The highest BCUT2D eigenvalue weighted by Gasteiger charge is 2.23. The van der Waals surface area contributed by atoms with Gasteiger partial charge in [-0.2, -0.15) is 0 Å². The predicted molar refractivity (Wildman–Crippen MR) is 122 cm³/mol. The molecule has 0 radical (unpaired) electrons. The number of benzene rings is 2. The number of anilines is 2. The number of amides is 2. The van der Waals surface area contributed by atoms with Crippen LogP contribution in [0.3, 0.4) is 0 Å². The molecule has 0 saturated heterocycles. The largest absolute Gasteiger partial charge is 0.494 e. The van der Waals surface area contributed by atoms with E-state index >= 15 is 0 Å². The highest BCUT2D eigenvalue weighted by Crippen LogP contribution is 2.36. The Balaban J connectivity index is 2.15. The Morgan fingerprint density at radius 3 is 1.44 bits per heavy atom. The first-order chi connectivity index (χ1) is 16.1. The quantitative estimate of drug-likeness (QED) is 0.199. The maximum absolute atomic E-state index is 11.4. The third kappa shape index (κ3) is 5.87. The van der Waals surface area contributed by atoms with E-state index in [9.17, 15) is 29.8 Å². The molecule has 0 unspecified atom stereocenters. The van der Waals surface area contributed by atoms with Crippen LogP contribution >= 0.6 is 0 Å². The number of primary amides is 2. The number of nitrogens with two attached hydrogens (primary N) is 2. The van der Waals surface area contributed by atoms with Crippen LogP contribution in [0, 0.1) is 20.2 Å². The molecular weight excluding hydrogens is 452 g/mol. The molecule has 0 aliphatic carbocycles. The summed E-state index contributed by atoms with van der Waals surface area (Å²) in [5.41, 5.74) is 9.56. The van der Waals surface area contributed by atoms with Crippen LogP contribution < -0.4 is 31.6 Å². The van der Waals surface area contributed by atoms with Crippen LogP contribution in [-0.2, 0) is 0 Å². The lowest BCUT2D eigenvalue weighted by atomic mass is 10.1. The van der Waals surface area contributed by atoms with Gasteiger partial charge in [0.15, 0.2) is 11.4 Å². The molecule has 0 spiro atoms. The van der Waals surface area contributed by atoms with Gasteiger partial charge in [-0.25, -0.2) is 0 Å². The van der Waals surface area contributed by atoms with E-state index in [-0.39, 0.29) is 47.1 Å². The van der Waals surface area contributed by atoms with Crippen LogP contribution in [0.25, 0.3) is 0 Å². The van der Waals surface area contributed by atoms with Crippen molar-refractivity contribution >= 4 is 34.6 Å². The summed E-state index contributed by atoms with van der Waals surface area (Å²) in [6.45, 7) is 0.239. The number of hydrogen-bond donors (Lipinski definition) is 4. The number of nitrogens with zero attached hydrogens (tertiary/aromatic N) is 2. The summed E-state index contributed by atoms with van der Waals surface area (Å²) in [7, 11) is 2.58. The number of nitro groups is 2. The molecule has 0 fully saturated rings. The zero-order chi connectivity index (χ0) is 25.4. The number of hydrogen-bond acceptors (Lipinski definition) is 10. The third-order valence-electron chi connectivity index (χ3n) is 4.53. The molecule has 2 aromatic carbocycles. The van der Waals surface area contributed by atoms with Gasteiger partial charge >= 0.3 is 0 Å². The highest BCUT2D eigenvalue weighted by atomic mass is 16.6. The molecule has 2 amide bonds. The Labute approximate surface area is 192 Å². The van der Waals surface area contributed by atoms with Crippen molar-refractivity contribution in [2.75, 3.05) is 37.9 Å². The van der Waals surface area contributed by atoms with Gasteiger partial charge in [-0.3, -0.25) is 29.8 Å². The van der Waals surface area contributed by atoms with Crippen molar-refractivity contribution in [1.29, 1.82) is 0 Å². The lowest BCUT2D eigenvalue weighted by Gasteiger charge is -2.12. The summed E-state index contributed by atoms with van der Waals surface area (Å²) in [4.78, 5) is 44.3. The topological polar surface area (TPSA) is 215 Å². The van der Waals surface area contributed by atoms with E-state index in [1.165, 1.54) is 26.4 Å². The minimum atomic E-state index is -0.840. The van der Waals surface area contributed by atoms with Crippen LogP contribution in [0.5, 0.6) is 11.5 Å². The van der Waals surface area contributed by atoms with Crippen molar-refractivity contribution in [3.63, 3.8) is 0 Å². The Bertz CT molecular complexity index is 1070. The standard InChI is InChI=1S/C20H22N6O8/c1-33-15-9-11(19(21)27)7-13(25(29)30)17(15)23-5-3-4-6-24-18-14(26(31)32)8-12(20(22)28)10-16(18)34-2/h3-4,7-10,23-24H,5-6H2,1-2H3,(H2,21,27)(H2,22,28)/b4-3+. The van der Waals surface area contributed by atoms with Gasteiger partial charge in [0.2, 0.25) is 11.8 Å². The van der Waals surface area contributed by atoms with Gasteiger partial charge in [0.05, 0.1) is 24.1 Å². The SMILES string of the molecule is COc1cc(C(N)=O)cc([N+](=O)[O-])c1NC/C=C/CNc1c(OC)cc(C(N)=O)cc1[N+](=O)[O-]. The van der Waals surface area contributed by atoms with E-state index < -0.39 is 33.0 Å². The number of carbonyl (C=O) groups excluding carboxylic acids is 2. The number of nitrogens with one attached hydrogen (secondary N) is 2. The van der Waals surface area contributed by atoms with Gasteiger partial charge in [0.25, 0.3) is 11.4 Å². The molecule has 6 N–H and O–H groups in total. The molecule has 0 aliphatic heterocycles. The number of rotatable bonds is 12. The van der Waals surface area contributed by atoms with Crippen LogP contribution in [-0.4, -0.2) is 49.0 Å². The van der Waals surface area contributed by atoms with Gasteiger partial charge in [0.1, 0.15) is 11.5 Å². The molecule has 0 saturated carbocycles. The average molecular weight is 474 g/mol. The molecule has 2 aromatic rings. The van der Waals surface area contributed by atoms with E-state index in [1.54, 1.807) is 12.2 Å². The maximum atomic E-state index is 11.4. The maximum Gasteiger partial charge on any atom is 0.296 e. The van der Waals surface area contributed by atoms with Crippen LogP contribution in [0.15, 0.2) is 36.4 Å². The van der Waals surface area contributed by atoms with Crippen molar-refractivity contribution in [3.8, 4) is 11.5 Å². The molecule has 0 bridgehead atoms. The molecule has 34 heavy (non-hydrogen) atoms. The lowest BCUT2D eigenvalue weighted by Crippen LogP contribution is -2.13. The third-order valence-corrected chi connectivity index (χ3v) is 4.53. The molecule has 0 aromatic heterocycles. The number of ether oxygens (including phenoxy) is 2. The van der Waals surface area contributed by atoms with Gasteiger partial charge in [-0.1, -0.05) is 12.2 Å². The van der Waals surface area contributed by atoms with E-state index in [0.29, 0.717) is 0 Å². The van der Waals surface area contributed by atoms with Crippen molar-refractivity contribution in [3.05, 3.63) is 67.8 Å². The summed E-state index contributed by atoms with van der Waals surface area (Å²) in [6, 6.07) is 4.65. The van der Waals surface area contributed by atoms with Crippen molar-refractivity contribution in [2.24, 2.45) is 11.5 Å². The molecule has 0 heterocycles. The van der Waals surface area contributed by atoms with Crippen molar-refractivity contribution in [2.45, 2.75) is 0 Å². The van der Waals surface area contributed by atoms with E-state index in [2.05, 4.69) is 10.6 Å². The zero-order valence-corrected chi connectivity index (χ0v) is 18.2. The Morgan fingerprint density at radius 1 is 0.824 bits per heavy atom. The summed E-state index contributed by atoms with van der Waals surface area (Å²) in [6.07, 6.45) is 3.21. The molecule has 14 nitrogen and oxygen atoms in total. The summed E-state index contributed by atoms with van der Waals surface area (Å²) in [5, 5.41) is 28.5. The van der Waals surface area contributed by atoms with Crippen LogP contribution in [0.4, 0.5) is 22.7 Å². The fourth-order valence-corrected chi connectivity index (χ4v) is 2.94. The fraction of sp³-hybridized carbons (Fsp3) is 0.200. The van der Waals surface area contributed by atoms with Gasteiger partial charge in [-0.05, 0) is 12.1 Å². The Kier molecular flexibility index (Phi) is 8.30. The number of nitro benzene ring substituents is 2. The first kappa shape index (κ1) is 25.4. The van der Waals surface area contributed by atoms with Gasteiger partial charge in [-0.15, -0.1) is 0 Å². The van der Waals surface area contributed by atoms with Gasteiger partial charge in [0, 0.05) is 36.3 Å². The van der Waals surface area contributed by atoms with Crippen molar-refractivity contribution in [1.82, 2.24) is 0 Å². The molecule has 2 rings (SSSR count). The van der Waals surface area contributed by atoms with Crippen LogP contribution in [0.1, 0.15) is 20.7 Å². The first-order valence-corrected chi connectivity index (χ1v) is 9.55. The molecule has 0 aliphatic rings. The van der Waals surface area contributed by atoms with E-state index in [0.717, 1.165) is 12.1 Å². The zero-order valence-electron chi connectivity index (χ0n) is 18.2. The smallest absolute Gasteiger partial charge is 0.296 e. The van der Waals surface area contributed by atoms with E-state index in [4.69, 9.17) is 20.9 Å².